The number of rotatable bonds is 2. The fraction of sp³-hybridized carbons (Fsp3) is 1.00. The van der Waals surface area contributed by atoms with Crippen molar-refractivity contribution in [2.45, 2.75) is 26.9 Å². The van der Waals surface area contributed by atoms with Gasteiger partial charge in [0.05, 0.1) is 18.0 Å². The normalized spacial score (nSPS) is 15.0. The van der Waals surface area contributed by atoms with Crippen LogP contribution in [0.1, 0.15) is 20.8 Å². The van der Waals surface area contributed by atoms with Gasteiger partial charge in [0.25, 0.3) is 0 Å². The van der Waals surface area contributed by atoms with Crippen LogP contribution < -0.4 is 0 Å². The molecule has 0 aromatic heterocycles. The van der Waals surface area contributed by atoms with Crippen LogP contribution >= 0.6 is 11.9 Å². The predicted molar refractivity (Wildman–Crippen MR) is 31.2 cm³/mol. The van der Waals surface area contributed by atoms with Crippen LogP contribution in [0.3, 0.4) is 0 Å². The number of halogens is 1. The molecule has 0 saturated heterocycles. The van der Waals surface area contributed by atoms with Crippen molar-refractivity contribution in [3.63, 3.8) is 0 Å². The third-order valence-electron chi connectivity index (χ3n) is 1.08. The zero-order valence-electron chi connectivity index (χ0n) is 4.94. The second-order valence-corrected chi connectivity index (χ2v) is 2.22. The summed E-state index contributed by atoms with van der Waals surface area (Å²) in [6.45, 7) is 6.07. The highest BCUT2D eigenvalue weighted by Gasteiger charge is 2.03. The van der Waals surface area contributed by atoms with Gasteiger partial charge in [0.15, 0.2) is 0 Å². The maximum absolute atomic E-state index is 5.05. The van der Waals surface area contributed by atoms with Gasteiger partial charge < -0.3 is 0 Å². The summed E-state index contributed by atoms with van der Waals surface area (Å²) >= 11 is 5.05. The van der Waals surface area contributed by atoms with E-state index in [1.54, 1.807) is 0 Å². The summed E-state index contributed by atoms with van der Waals surface area (Å²) in [4.78, 5) is 0. The second kappa shape index (κ2) is 3.28. The molecule has 0 aliphatic heterocycles. The predicted octanol–water partition coefficient (Wildman–Crippen LogP) is 2.20. The molecule has 0 spiro atoms. The highest BCUT2D eigenvalue weighted by molar-refractivity contribution is 6.07. The summed E-state index contributed by atoms with van der Waals surface area (Å²) in [5.41, 5.74) is 0. The van der Waals surface area contributed by atoms with Crippen LogP contribution in [0.4, 0.5) is 0 Å². The van der Waals surface area contributed by atoms with Gasteiger partial charge in [-0.15, -0.1) is 0 Å². The van der Waals surface area contributed by atoms with E-state index < -0.39 is 0 Å². The summed E-state index contributed by atoms with van der Waals surface area (Å²) in [6, 6.07) is 0. The molecule has 0 aromatic rings. The topological polar surface area (TPSA) is 9.23 Å². The van der Waals surface area contributed by atoms with E-state index in [0.29, 0.717) is 5.92 Å². The van der Waals surface area contributed by atoms with Gasteiger partial charge in [-0.1, -0.05) is 13.8 Å². The lowest BCUT2D eigenvalue weighted by atomic mass is 10.1. The number of hydrogen-bond donors (Lipinski definition) is 0. The first-order valence-electron chi connectivity index (χ1n) is 2.46. The van der Waals surface area contributed by atoms with Crippen LogP contribution in [0.15, 0.2) is 0 Å². The molecule has 44 valence electrons. The van der Waals surface area contributed by atoms with Gasteiger partial charge in [-0.25, -0.2) is 0 Å². The Kier molecular flexibility index (Phi) is 3.39. The summed E-state index contributed by atoms with van der Waals surface area (Å²) in [6.07, 6.45) is 0.168. The Morgan fingerprint density at radius 2 is 1.71 bits per heavy atom. The molecule has 0 saturated carbocycles. The Balaban J connectivity index is 3.14. The van der Waals surface area contributed by atoms with Gasteiger partial charge in [0, 0.05) is 0 Å². The SMILES string of the molecule is CC(C)C(C)OCl. The van der Waals surface area contributed by atoms with Crippen molar-refractivity contribution in [2.24, 2.45) is 5.92 Å². The van der Waals surface area contributed by atoms with Crippen molar-refractivity contribution >= 4 is 11.9 Å². The van der Waals surface area contributed by atoms with E-state index in [4.69, 9.17) is 11.9 Å². The van der Waals surface area contributed by atoms with Crippen molar-refractivity contribution in [1.29, 1.82) is 0 Å². The van der Waals surface area contributed by atoms with Crippen LogP contribution in [0.2, 0.25) is 0 Å². The van der Waals surface area contributed by atoms with E-state index in [-0.39, 0.29) is 6.10 Å². The maximum Gasteiger partial charge on any atom is 0.0785 e. The first-order valence-corrected chi connectivity index (χ1v) is 2.76. The second-order valence-electron chi connectivity index (χ2n) is 2.04. The summed E-state index contributed by atoms with van der Waals surface area (Å²) in [5.74, 6) is 0.512. The van der Waals surface area contributed by atoms with Crippen molar-refractivity contribution in [3.8, 4) is 0 Å². The van der Waals surface area contributed by atoms with Gasteiger partial charge >= 0.3 is 0 Å². The van der Waals surface area contributed by atoms with Crippen molar-refractivity contribution in [3.05, 3.63) is 0 Å². The molecule has 0 fully saturated rings. The molecule has 1 atom stereocenters. The third kappa shape index (κ3) is 2.89. The van der Waals surface area contributed by atoms with Gasteiger partial charge in [-0.05, 0) is 12.8 Å². The van der Waals surface area contributed by atoms with Gasteiger partial charge in [0.2, 0.25) is 0 Å². The molecule has 2 heteroatoms. The molecular formula is C5H11ClO. The molecule has 0 aliphatic carbocycles. The van der Waals surface area contributed by atoms with E-state index in [9.17, 15) is 0 Å². The van der Waals surface area contributed by atoms with Gasteiger partial charge in [-0.3, -0.25) is 4.29 Å². The van der Waals surface area contributed by atoms with Gasteiger partial charge in [-0.2, -0.15) is 0 Å². The zero-order chi connectivity index (χ0) is 5.86. The highest BCUT2D eigenvalue weighted by Crippen LogP contribution is 2.05. The fourth-order valence-electron chi connectivity index (χ4n) is 0.103. The Bertz CT molecular complexity index is 45.3. The largest absolute Gasteiger partial charge is 0.276 e. The standard InChI is InChI=1S/C5H11ClO/c1-4(2)5(3)7-6/h4-5H,1-3H3. The molecule has 0 aromatic carbocycles. The fourth-order valence-corrected chi connectivity index (χ4v) is 0.309. The van der Waals surface area contributed by atoms with E-state index >= 15 is 0 Å². The minimum absolute atomic E-state index is 0.168. The smallest absolute Gasteiger partial charge is 0.0785 e. The minimum atomic E-state index is 0.168. The van der Waals surface area contributed by atoms with Crippen LogP contribution in [-0.4, -0.2) is 6.10 Å². The first kappa shape index (κ1) is 7.25. The van der Waals surface area contributed by atoms with Crippen molar-refractivity contribution in [1.82, 2.24) is 0 Å². The van der Waals surface area contributed by atoms with E-state index in [0.717, 1.165) is 0 Å². The van der Waals surface area contributed by atoms with Crippen molar-refractivity contribution < 1.29 is 4.29 Å². The maximum atomic E-state index is 5.05. The Labute approximate surface area is 49.8 Å². The highest BCUT2D eigenvalue weighted by atomic mass is 35.5. The molecule has 1 nitrogen and oxygen atoms in total. The summed E-state index contributed by atoms with van der Waals surface area (Å²) in [5, 5.41) is 0. The Hall–Kier alpha value is 0.250. The van der Waals surface area contributed by atoms with Gasteiger partial charge in [0.1, 0.15) is 0 Å². The molecular weight excluding hydrogens is 112 g/mol. The molecule has 0 radical (unpaired) electrons. The number of hydrogen-bond acceptors (Lipinski definition) is 1. The molecule has 1 unspecified atom stereocenters. The molecule has 7 heavy (non-hydrogen) atoms. The lowest BCUT2D eigenvalue weighted by Crippen LogP contribution is -2.09. The monoisotopic (exact) mass is 122 g/mol. The van der Waals surface area contributed by atoms with Crippen LogP contribution in [0, 0.1) is 5.92 Å². The van der Waals surface area contributed by atoms with Crippen LogP contribution in [0.25, 0.3) is 0 Å². The molecule has 0 bridgehead atoms. The first-order chi connectivity index (χ1) is 3.18. The molecule has 0 aliphatic rings. The quantitative estimate of drug-likeness (QED) is 0.546. The summed E-state index contributed by atoms with van der Waals surface area (Å²) in [7, 11) is 0. The Morgan fingerprint density at radius 1 is 1.29 bits per heavy atom. The average Bonchev–Trinajstić information content (AvgIpc) is 1.65. The van der Waals surface area contributed by atoms with Crippen LogP contribution in [0.5, 0.6) is 0 Å². The zero-order valence-corrected chi connectivity index (χ0v) is 5.70. The summed E-state index contributed by atoms with van der Waals surface area (Å²) < 4.78 is 4.48. The Morgan fingerprint density at radius 3 is 1.71 bits per heavy atom. The average molecular weight is 123 g/mol. The minimum Gasteiger partial charge on any atom is -0.276 e. The van der Waals surface area contributed by atoms with E-state index in [1.807, 2.05) is 6.92 Å². The molecule has 0 N–H and O–H groups in total. The lowest BCUT2D eigenvalue weighted by molar-refractivity contribution is 0.189. The van der Waals surface area contributed by atoms with Crippen LogP contribution in [-0.2, 0) is 4.29 Å². The van der Waals surface area contributed by atoms with E-state index in [2.05, 4.69) is 18.1 Å². The lowest BCUT2D eigenvalue weighted by Gasteiger charge is -2.08. The molecule has 0 heterocycles. The third-order valence-corrected chi connectivity index (χ3v) is 1.36. The van der Waals surface area contributed by atoms with Crippen molar-refractivity contribution in [2.75, 3.05) is 0 Å². The molecule has 0 amide bonds. The van der Waals surface area contributed by atoms with E-state index in [1.165, 1.54) is 0 Å². The molecule has 0 rings (SSSR count).